The monoisotopic (exact) mass is 325 g/mol. The average Bonchev–Trinajstić information content (AvgIpc) is 3.35. The molecule has 4 heterocycles. The fourth-order valence-electron chi connectivity index (χ4n) is 3.78. The summed E-state index contributed by atoms with van der Waals surface area (Å²) in [5.74, 6) is 1.05. The number of hydrogen-bond acceptors (Lipinski definition) is 4. The summed E-state index contributed by atoms with van der Waals surface area (Å²) >= 11 is 0. The molecular weight excluding hydrogens is 302 g/mol. The number of amides is 1. The number of pyridine rings is 1. The van der Waals surface area contributed by atoms with Crippen molar-refractivity contribution in [3.8, 4) is 0 Å². The lowest BCUT2D eigenvalue weighted by Crippen LogP contribution is -2.30. The Kier molecular flexibility index (Phi) is 3.96. The smallest absolute Gasteiger partial charge is 0.255 e. The van der Waals surface area contributed by atoms with Gasteiger partial charge in [-0.2, -0.15) is 5.10 Å². The maximum Gasteiger partial charge on any atom is 0.255 e. The molecule has 2 aromatic heterocycles. The highest BCUT2D eigenvalue weighted by molar-refractivity contribution is 5.94. The molecule has 24 heavy (non-hydrogen) atoms. The van der Waals surface area contributed by atoms with Crippen LogP contribution in [0.25, 0.3) is 0 Å². The molecular formula is C18H23N5O. The number of rotatable bonds is 3. The molecule has 1 atom stereocenters. The zero-order valence-corrected chi connectivity index (χ0v) is 14.1. The van der Waals surface area contributed by atoms with Crippen LogP contribution >= 0.6 is 0 Å². The van der Waals surface area contributed by atoms with Crippen LogP contribution < -0.4 is 4.90 Å². The molecule has 4 rings (SSSR count). The quantitative estimate of drug-likeness (QED) is 0.869. The highest BCUT2D eigenvalue weighted by atomic mass is 16.2. The van der Waals surface area contributed by atoms with Gasteiger partial charge in [-0.3, -0.25) is 9.48 Å². The first-order valence-corrected chi connectivity index (χ1v) is 8.73. The van der Waals surface area contributed by atoms with E-state index < -0.39 is 0 Å². The molecule has 2 aliphatic heterocycles. The number of hydrogen-bond donors (Lipinski definition) is 0. The van der Waals surface area contributed by atoms with E-state index in [0.717, 1.165) is 43.9 Å². The number of anilines is 1. The van der Waals surface area contributed by atoms with Crippen molar-refractivity contribution >= 4 is 11.7 Å². The molecule has 0 saturated carbocycles. The molecule has 0 aliphatic carbocycles. The Morgan fingerprint density at radius 1 is 1.12 bits per heavy atom. The van der Waals surface area contributed by atoms with Crippen molar-refractivity contribution in [1.82, 2.24) is 19.7 Å². The van der Waals surface area contributed by atoms with Gasteiger partial charge in [0.2, 0.25) is 0 Å². The third kappa shape index (κ3) is 2.77. The van der Waals surface area contributed by atoms with Crippen molar-refractivity contribution in [2.24, 2.45) is 7.05 Å². The number of nitrogens with zero attached hydrogens (tertiary/aromatic N) is 5. The van der Waals surface area contributed by atoms with Gasteiger partial charge in [0.05, 0.1) is 17.8 Å². The third-order valence-electron chi connectivity index (χ3n) is 5.05. The number of carbonyl (C=O) groups is 1. The van der Waals surface area contributed by atoms with Gasteiger partial charge in [0.1, 0.15) is 5.82 Å². The molecule has 6 nitrogen and oxygen atoms in total. The minimum absolute atomic E-state index is 0.0711. The Morgan fingerprint density at radius 3 is 2.62 bits per heavy atom. The maximum atomic E-state index is 12.9. The van der Waals surface area contributed by atoms with Crippen molar-refractivity contribution in [2.45, 2.75) is 31.7 Å². The molecule has 0 aromatic carbocycles. The molecule has 1 amide bonds. The number of aromatic nitrogens is 3. The SMILES string of the molecule is Cn1cc([C@H]2CCCN2C(=O)c2ccc(N3CCCC3)nc2)cn1. The van der Waals surface area contributed by atoms with Gasteiger partial charge in [-0.05, 0) is 37.8 Å². The van der Waals surface area contributed by atoms with Crippen LogP contribution in [0.1, 0.15) is 47.6 Å². The fourth-order valence-corrected chi connectivity index (χ4v) is 3.78. The summed E-state index contributed by atoms with van der Waals surface area (Å²) in [6, 6.07) is 4.03. The lowest BCUT2D eigenvalue weighted by atomic mass is 10.1. The van der Waals surface area contributed by atoms with Gasteiger partial charge in [0.25, 0.3) is 5.91 Å². The second-order valence-electron chi connectivity index (χ2n) is 6.70. The van der Waals surface area contributed by atoms with E-state index in [1.807, 2.05) is 36.5 Å². The van der Waals surface area contributed by atoms with Crippen LogP contribution in [0.4, 0.5) is 5.82 Å². The molecule has 0 radical (unpaired) electrons. The second kappa shape index (κ2) is 6.26. The van der Waals surface area contributed by atoms with Crippen LogP contribution in [-0.2, 0) is 7.05 Å². The predicted octanol–water partition coefficient (Wildman–Crippen LogP) is 2.39. The summed E-state index contributed by atoms with van der Waals surface area (Å²) in [6.07, 6.45) is 10.1. The van der Waals surface area contributed by atoms with E-state index in [1.54, 1.807) is 10.9 Å². The van der Waals surface area contributed by atoms with Crippen LogP contribution in [0.15, 0.2) is 30.7 Å². The molecule has 6 heteroatoms. The van der Waals surface area contributed by atoms with E-state index >= 15 is 0 Å². The van der Waals surface area contributed by atoms with Gasteiger partial charge in [0, 0.05) is 44.6 Å². The Bertz CT molecular complexity index is 717. The molecule has 0 N–H and O–H groups in total. The van der Waals surface area contributed by atoms with E-state index in [2.05, 4.69) is 15.0 Å². The number of aryl methyl sites for hydroxylation is 1. The minimum Gasteiger partial charge on any atom is -0.357 e. The van der Waals surface area contributed by atoms with E-state index in [-0.39, 0.29) is 11.9 Å². The first-order chi connectivity index (χ1) is 11.7. The molecule has 0 unspecified atom stereocenters. The zero-order chi connectivity index (χ0) is 16.5. The predicted molar refractivity (Wildman–Crippen MR) is 91.9 cm³/mol. The van der Waals surface area contributed by atoms with E-state index in [9.17, 15) is 4.79 Å². The molecule has 0 spiro atoms. The molecule has 2 saturated heterocycles. The first kappa shape index (κ1) is 15.2. The van der Waals surface area contributed by atoms with Crippen molar-refractivity contribution in [1.29, 1.82) is 0 Å². The van der Waals surface area contributed by atoms with Gasteiger partial charge < -0.3 is 9.80 Å². The van der Waals surface area contributed by atoms with Gasteiger partial charge in [-0.1, -0.05) is 0 Å². The van der Waals surface area contributed by atoms with Gasteiger partial charge in [0.15, 0.2) is 0 Å². The van der Waals surface area contributed by atoms with Crippen LogP contribution in [0.2, 0.25) is 0 Å². The summed E-state index contributed by atoms with van der Waals surface area (Å²) in [7, 11) is 1.91. The Morgan fingerprint density at radius 2 is 1.96 bits per heavy atom. The summed E-state index contributed by atoms with van der Waals surface area (Å²) in [4.78, 5) is 21.7. The Balaban J connectivity index is 1.52. The highest BCUT2D eigenvalue weighted by Gasteiger charge is 2.31. The van der Waals surface area contributed by atoms with Crippen LogP contribution in [0, 0.1) is 0 Å². The molecule has 2 aliphatic rings. The third-order valence-corrected chi connectivity index (χ3v) is 5.05. The van der Waals surface area contributed by atoms with E-state index in [0.29, 0.717) is 5.56 Å². The summed E-state index contributed by atoms with van der Waals surface area (Å²) in [5, 5.41) is 4.24. The Labute approximate surface area is 142 Å². The summed E-state index contributed by atoms with van der Waals surface area (Å²) in [5.41, 5.74) is 1.79. The topological polar surface area (TPSA) is 54.3 Å². The van der Waals surface area contributed by atoms with E-state index in [4.69, 9.17) is 0 Å². The van der Waals surface area contributed by atoms with Crippen LogP contribution in [-0.4, -0.2) is 45.2 Å². The summed E-state index contributed by atoms with van der Waals surface area (Å²) in [6.45, 7) is 2.93. The van der Waals surface area contributed by atoms with Gasteiger partial charge >= 0.3 is 0 Å². The van der Waals surface area contributed by atoms with Crippen molar-refractivity contribution in [3.05, 3.63) is 41.9 Å². The number of likely N-dealkylation sites (tertiary alicyclic amines) is 1. The van der Waals surface area contributed by atoms with Crippen molar-refractivity contribution < 1.29 is 4.79 Å². The normalized spacial score (nSPS) is 20.8. The minimum atomic E-state index is 0.0711. The fraction of sp³-hybridized carbons (Fsp3) is 0.500. The van der Waals surface area contributed by atoms with Gasteiger partial charge in [-0.15, -0.1) is 0 Å². The van der Waals surface area contributed by atoms with Gasteiger partial charge in [-0.25, -0.2) is 4.98 Å². The van der Waals surface area contributed by atoms with E-state index in [1.165, 1.54) is 12.8 Å². The molecule has 0 bridgehead atoms. The van der Waals surface area contributed by atoms with Crippen molar-refractivity contribution in [2.75, 3.05) is 24.5 Å². The maximum absolute atomic E-state index is 12.9. The largest absolute Gasteiger partial charge is 0.357 e. The van der Waals surface area contributed by atoms with Crippen LogP contribution in [0.3, 0.4) is 0 Å². The molecule has 2 aromatic rings. The lowest BCUT2D eigenvalue weighted by molar-refractivity contribution is 0.0735. The number of carbonyl (C=O) groups excluding carboxylic acids is 1. The molecule has 2 fully saturated rings. The highest BCUT2D eigenvalue weighted by Crippen LogP contribution is 2.33. The average molecular weight is 325 g/mol. The van der Waals surface area contributed by atoms with Crippen LogP contribution in [0.5, 0.6) is 0 Å². The summed E-state index contributed by atoms with van der Waals surface area (Å²) < 4.78 is 1.79. The first-order valence-electron chi connectivity index (χ1n) is 8.73. The second-order valence-corrected chi connectivity index (χ2v) is 6.70. The lowest BCUT2D eigenvalue weighted by Gasteiger charge is -2.24. The molecule has 126 valence electrons. The van der Waals surface area contributed by atoms with Crippen molar-refractivity contribution in [3.63, 3.8) is 0 Å². The zero-order valence-electron chi connectivity index (χ0n) is 14.1. The standard InChI is InChI=1S/C18H23N5O/c1-21-13-15(12-20-21)16-5-4-10-23(16)18(24)14-6-7-17(19-11-14)22-8-2-3-9-22/h6-7,11-13,16H,2-5,8-10H2,1H3/t16-/m1/s1. The Hall–Kier alpha value is -2.37.